The summed E-state index contributed by atoms with van der Waals surface area (Å²) >= 11 is 0. The van der Waals surface area contributed by atoms with Crippen LogP contribution in [0.15, 0.2) is 18.2 Å². The Labute approximate surface area is 110 Å². The molecule has 1 fully saturated rings. The van der Waals surface area contributed by atoms with Crippen molar-refractivity contribution >= 4 is 17.0 Å². The van der Waals surface area contributed by atoms with Crippen LogP contribution >= 0.6 is 0 Å². The van der Waals surface area contributed by atoms with E-state index < -0.39 is 5.97 Å². The van der Waals surface area contributed by atoms with Crippen LogP contribution in [0.25, 0.3) is 11.0 Å². The van der Waals surface area contributed by atoms with Crippen LogP contribution in [0.2, 0.25) is 0 Å². The molecule has 0 saturated carbocycles. The van der Waals surface area contributed by atoms with Crippen molar-refractivity contribution in [2.24, 2.45) is 7.05 Å². The van der Waals surface area contributed by atoms with Crippen LogP contribution in [0.4, 0.5) is 0 Å². The minimum atomic E-state index is -0.931. The number of hydrogen-bond donors (Lipinski definition) is 1. The predicted molar refractivity (Wildman–Crippen MR) is 70.2 cm³/mol. The molecule has 1 aliphatic rings. The molecule has 5 heteroatoms. The average Bonchev–Trinajstić information content (AvgIpc) is 2.93. The Hall–Kier alpha value is -1.88. The second-order valence-electron chi connectivity index (χ2n) is 5.05. The number of carboxylic acid groups (broad SMARTS) is 1. The van der Waals surface area contributed by atoms with Crippen molar-refractivity contribution in [1.29, 1.82) is 0 Å². The number of aryl methyl sites for hydroxylation is 1. The average molecular weight is 260 g/mol. The first kappa shape index (κ1) is 12.2. The Balaban J connectivity index is 2.07. The van der Waals surface area contributed by atoms with Gasteiger partial charge in [0.25, 0.3) is 0 Å². The normalized spacial score (nSPS) is 23.1. The summed E-state index contributed by atoms with van der Waals surface area (Å²) < 4.78 is 7.83. The standard InChI is InChI=1S/C14H16N2O3/c1-8-3-6-12(19-8)13-15-10-7-9(14(17)18)4-5-11(10)16(13)2/h4-5,7-8,12H,3,6H2,1-2H3,(H,17,18). The first-order chi connectivity index (χ1) is 9.06. The number of aromatic carboxylic acids is 1. The first-order valence-electron chi connectivity index (χ1n) is 6.41. The Morgan fingerprint density at radius 1 is 1.47 bits per heavy atom. The fourth-order valence-electron chi connectivity index (χ4n) is 2.63. The van der Waals surface area contributed by atoms with Gasteiger partial charge in [-0.2, -0.15) is 0 Å². The van der Waals surface area contributed by atoms with Gasteiger partial charge in [-0.3, -0.25) is 0 Å². The SMILES string of the molecule is CC1CCC(c2nc3cc(C(=O)O)ccc3n2C)O1. The number of ether oxygens (including phenoxy) is 1. The van der Waals surface area contributed by atoms with E-state index in [2.05, 4.69) is 11.9 Å². The number of imidazole rings is 1. The van der Waals surface area contributed by atoms with E-state index in [0.29, 0.717) is 5.52 Å². The van der Waals surface area contributed by atoms with Gasteiger partial charge in [0, 0.05) is 7.05 Å². The van der Waals surface area contributed by atoms with Gasteiger partial charge in [0.05, 0.1) is 22.7 Å². The molecule has 1 N–H and O–H groups in total. The van der Waals surface area contributed by atoms with Crippen LogP contribution in [0, 0.1) is 0 Å². The van der Waals surface area contributed by atoms with E-state index in [1.165, 1.54) is 0 Å². The second-order valence-corrected chi connectivity index (χ2v) is 5.05. The lowest BCUT2D eigenvalue weighted by molar-refractivity contribution is 0.0490. The van der Waals surface area contributed by atoms with Gasteiger partial charge < -0.3 is 14.4 Å². The highest BCUT2D eigenvalue weighted by molar-refractivity contribution is 5.92. The smallest absolute Gasteiger partial charge is 0.335 e. The maximum atomic E-state index is 11.0. The van der Waals surface area contributed by atoms with Crippen LogP contribution in [0.5, 0.6) is 0 Å². The van der Waals surface area contributed by atoms with Gasteiger partial charge in [-0.05, 0) is 38.0 Å². The van der Waals surface area contributed by atoms with E-state index >= 15 is 0 Å². The summed E-state index contributed by atoms with van der Waals surface area (Å²) in [5, 5.41) is 9.01. The molecule has 0 aliphatic carbocycles. The Morgan fingerprint density at radius 3 is 2.89 bits per heavy atom. The number of hydrogen-bond acceptors (Lipinski definition) is 3. The summed E-state index contributed by atoms with van der Waals surface area (Å²) in [7, 11) is 1.94. The highest BCUT2D eigenvalue weighted by Gasteiger charge is 2.27. The third-order valence-corrected chi connectivity index (χ3v) is 3.68. The number of fused-ring (bicyclic) bond motifs is 1. The van der Waals surface area contributed by atoms with Crippen LogP contribution in [0.3, 0.4) is 0 Å². The molecular formula is C14H16N2O3. The minimum absolute atomic E-state index is 0.0145. The molecule has 3 rings (SSSR count). The molecule has 100 valence electrons. The number of aromatic nitrogens is 2. The quantitative estimate of drug-likeness (QED) is 0.901. The third-order valence-electron chi connectivity index (χ3n) is 3.68. The van der Waals surface area contributed by atoms with Gasteiger partial charge in [0.15, 0.2) is 0 Å². The maximum absolute atomic E-state index is 11.0. The zero-order chi connectivity index (χ0) is 13.6. The highest BCUT2D eigenvalue weighted by atomic mass is 16.5. The highest BCUT2D eigenvalue weighted by Crippen LogP contribution is 2.33. The molecule has 0 bridgehead atoms. The van der Waals surface area contributed by atoms with E-state index in [1.54, 1.807) is 18.2 Å². The topological polar surface area (TPSA) is 64.3 Å². The van der Waals surface area contributed by atoms with Gasteiger partial charge in [-0.15, -0.1) is 0 Å². The Kier molecular flexibility index (Phi) is 2.78. The molecule has 2 aromatic rings. The minimum Gasteiger partial charge on any atom is -0.478 e. The van der Waals surface area contributed by atoms with Gasteiger partial charge in [-0.1, -0.05) is 0 Å². The van der Waals surface area contributed by atoms with Crippen LogP contribution < -0.4 is 0 Å². The molecule has 2 unspecified atom stereocenters. The molecule has 2 atom stereocenters. The van der Waals surface area contributed by atoms with E-state index in [1.807, 2.05) is 11.6 Å². The molecular weight excluding hydrogens is 244 g/mol. The fourth-order valence-corrected chi connectivity index (χ4v) is 2.63. The van der Waals surface area contributed by atoms with Crippen molar-refractivity contribution < 1.29 is 14.6 Å². The molecule has 0 spiro atoms. The number of carboxylic acids is 1. The van der Waals surface area contributed by atoms with Crippen molar-refractivity contribution in [2.75, 3.05) is 0 Å². The zero-order valence-corrected chi connectivity index (χ0v) is 11.0. The van der Waals surface area contributed by atoms with Crippen LogP contribution in [-0.2, 0) is 11.8 Å². The molecule has 1 saturated heterocycles. The molecule has 1 aliphatic heterocycles. The first-order valence-corrected chi connectivity index (χ1v) is 6.41. The fraction of sp³-hybridized carbons (Fsp3) is 0.429. The molecule has 1 aromatic carbocycles. The summed E-state index contributed by atoms with van der Waals surface area (Å²) in [6, 6.07) is 5.02. The molecule has 1 aromatic heterocycles. The van der Waals surface area contributed by atoms with Crippen molar-refractivity contribution in [2.45, 2.75) is 32.0 Å². The van der Waals surface area contributed by atoms with E-state index in [9.17, 15) is 4.79 Å². The van der Waals surface area contributed by atoms with Gasteiger partial charge in [0.1, 0.15) is 11.9 Å². The molecule has 2 heterocycles. The summed E-state index contributed by atoms with van der Waals surface area (Å²) in [6.45, 7) is 2.06. The molecule has 5 nitrogen and oxygen atoms in total. The van der Waals surface area contributed by atoms with E-state index in [0.717, 1.165) is 24.2 Å². The number of carbonyl (C=O) groups is 1. The lowest BCUT2D eigenvalue weighted by Gasteiger charge is -2.10. The summed E-state index contributed by atoms with van der Waals surface area (Å²) in [6.07, 6.45) is 2.28. The number of benzene rings is 1. The lowest BCUT2D eigenvalue weighted by Crippen LogP contribution is -2.06. The van der Waals surface area contributed by atoms with E-state index in [4.69, 9.17) is 9.84 Å². The Bertz CT molecular complexity index is 647. The van der Waals surface area contributed by atoms with Crippen molar-refractivity contribution in [3.8, 4) is 0 Å². The van der Waals surface area contributed by atoms with Crippen molar-refractivity contribution in [3.05, 3.63) is 29.6 Å². The second kappa shape index (κ2) is 4.35. The lowest BCUT2D eigenvalue weighted by atomic mass is 10.2. The molecule has 0 radical (unpaired) electrons. The Morgan fingerprint density at radius 2 is 2.26 bits per heavy atom. The summed E-state index contributed by atoms with van der Waals surface area (Å²) in [4.78, 5) is 15.5. The van der Waals surface area contributed by atoms with Crippen LogP contribution in [-0.4, -0.2) is 26.7 Å². The van der Waals surface area contributed by atoms with Gasteiger partial charge in [0.2, 0.25) is 0 Å². The number of nitrogens with zero attached hydrogens (tertiary/aromatic N) is 2. The summed E-state index contributed by atoms with van der Waals surface area (Å²) in [5.74, 6) is -0.0540. The maximum Gasteiger partial charge on any atom is 0.335 e. The van der Waals surface area contributed by atoms with Crippen molar-refractivity contribution in [3.63, 3.8) is 0 Å². The third kappa shape index (κ3) is 2.00. The van der Waals surface area contributed by atoms with Gasteiger partial charge >= 0.3 is 5.97 Å². The largest absolute Gasteiger partial charge is 0.478 e. The monoisotopic (exact) mass is 260 g/mol. The number of rotatable bonds is 2. The van der Waals surface area contributed by atoms with Crippen molar-refractivity contribution in [1.82, 2.24) is 9.55 Å². The predicted octanol–water partition coefficient (Wildman–Crippen LogP) is 2.51. The summed E-state index contributed by atoms with van der Waals surface area (Å²) in [5.41, 5.74) is 1.90. The molecule has 19 heavy (non-hydrogen) atoms. The zero-order valence-electron chi connectivity index (χ0n) is 11.0. The van der Waals surface area contributed by atoms with Gasteiger partial charge in [-0.25, -0.2) is 9.78 Å². The van der Waals surface area contributed by atoms with E-state index in [-0.39, 0.29) is 17.8 Å². The molecule has 0 amide bonds. The van der Waals surface area contributed by atoms with Crippen LogP contribution in [0.1, 0.15) is 42.1 Å².